The van der Waals surface area contributed by atoms with Gasteiger partial charge >= 0.3 is 0 Å². The average Bonchev–Trinajstić information content (AvgIpc) is 2.88. The summed E-state index contributed by atoms with van der Waals surface area (Å²) in [7, 11) is 0. The van der Waals surface area contributed by atoms with Crippen molar-refractivity contribution in [1.29, 1.82) is 0 Å². The van der Waals surface area contributed by atoms with Crippen LogP contribution in [0, 0.1) is 0 Å². The molecule has 21 heavy (non-hydrogen) atoms. The van der Waals surface area contributed by atoms with Crippen LogP contribution in [0.25, 0.3) is 0 Å². The molecule has 1 heterocycles. The summed E-state index contributed by atoms with van der Waals surface area (Å²) in [6.45, 7) is 6.29. The fourth-order valence-corrected chi connectivity index (χ4v) is 2.82. The van der Waals surface area contributed by atoms with Gasteiger partial charge in [-0.15, -0.1) is 11.3 Å². The van der Waals surface area contributed by atoms with Gasteiger partial charge in [0.1, 0.15) is 0 Å². The van der Waals surface area contributed by atoms with E-state index in [2.05, 4.69) is 31.1 Å². The van der Waals surface area contributed by atoms with Crippen LogP contribution in [-0.4, -0.2) is 10.9 Å². The Kier molecular flexibility index (Phi) is 4.75. The molecule has 0 saturated heterocycles. The van der Waals surface area contributed by atoms with Crippen molar-refractivity contribution in [2.75, 3.05) is 5.32 Å². The van der Waals surface area contributed by atoms with E-state index in [0.29, 0.717) is 5.13 Å². The molecule has 0 bridgehead atoms. The number of benzene rings is 1. The standard InChI is InChI=1S/C16H21N3OS/c1-16(2,3)13-10-21-15(18-13)19-14(20)9-12(17)11-7-5-4-6-8-11/h4-8,10,12H,9,17H2,1-3H3,(H,18,19,20). The van der Waals surface area contributed by atoms with Crippen molar-refractivity contribution in [1.82, 2.24) is 4.98 Å². The van der Waals surface area contributed by atoms with Gasteiger partial charge in [0.05, 0.1) is 5.69 Å². The van der Waals surface area contributed by atoms with E-state index in [1.54, 1.807) is 0 Å². The molecule has 1 unspecified atom stereocenters. The number of aromatic nitrogens is 1. The van der Waals surface area contributed by atoms with Gasteiger partial charge < -0.3 is 11.1 Å². The SMILES string of the molecule is CC(C)(C)c1csc(NC(=O)CC(N)c2ccccc2)n1. The molecule has 0 radical (unpaired) electrons. The van der Waals surface area contributed by atoms with Gasteiger partial charge in [0.15, 0.2) is 5.13 Å². The van der Waals surface area contributed by atoms with Crippen molar-refractivity contribution < 1.29 is 4.79 Å². The van der Waals surface area contributed by atoms with E-state index in [9.17, 15) is 4.79 Å². The van der Waals surface area contributed by atoms with Crippen molar-refractivity contribution in [3.05, 3.63) is 47.0 Å². The van der Waals surface area contributed by atoms with Crippen LogP contribution in [0.4, 0.5) is 5.13 Å². The quantitative estimate of drug-likeness (QED) is 0.908. The summed E-state index contributed by atoms with van der Waals surface area (Å²) in [4.78, 5) is 16.5. The van der Waals surface area contributed by atoms with Gasteiger partial charge in [-0.25, -0.2) is 4.98 Å². The Morgan fingerprint density at radius 1 is 1.33 bits per heavy atom. The molecule has 0 fully saturated rings. The van der Waals surface area contributed by atoms with E-state index >= 15 is 0 Å². The second-order valence-corrected chi connectivity index (χ2v) is 6.92. The molecule has 1 aromatic carbocycles. The highest BCUT2D eigenvalue weighted by atomic mass is 32.1. The highest BCUT2D eigenvalue weighted by molar-refractivity contribution is 7.13. The Balaban J connectivity index is 1.94. The monoisotopic (exact) mass is 303 g/mol. The number of hydrogen-bond donors (Lipinski definition) is 2. The van der Waals surface area contributed by atoms with Crippen LogP contribution in [-0.2, 0) is 10.2 Å². The molecular weight excluding hydrogens is 282 g/mol. The minimum atomic E-state index is -0.298. The van der Waals surface area contributed by atoms with E-state index in [1.165, 1.54) is 11.3 Å². The third-order valence-corrected chi connectivity index (χ3v) is 3.91. The highest BCUT2D eigenvalue weighted by Gasteiger charge is 2.18. The molecule has 1 amide bonds. The highest BCUT2D eigenvalue weighted by Crippen LogP contribution is 2.26. The van der Waals surface area contributed by atoms with Crippen LogP contribution in [0.2, 0.25) is 0 Å². The lowest BCUT2D eigenvalue weighted by molar-refractivity contribution is -0.116. The first-order valence-corrected chi connectivity index (χ1v) is 7.80. The third-order valence-electron chi connectivity index (χ3n) is 3.15. The fourth-order valence-electron chi connectivity index (χ4n) is 1.86. The molecule has 2 rings (SSSR count). The predicted molar refractivity (Wildman–Crippen MR) is 87.4 cm³/mol. The summed E-state index contributed by atoms with van der Waals surface area (Å²) in [6.07, 6.45) is 0.244. The van der Waals surface area contributed by atoms with E-state index < -0.39 is 0 Å². The minimum absolute atomic E-state index is 0.0140. The predicted octanol–water partition coefficient (Wildman–Crippen LogP) is 3.47. The molecule has 4 nitrogen and oxygen atoms in total. The van der Waals surface area contributed by atoms with Crippen LogP contribution in [0.3, 0.4) is 0 Å². The number of anilines is 1. The first-order valence-electron chi connectivity index (χ1n) is 6.92. The number of carbonyl (C=O) groups is 1. The molecule has 0 saturated carbocycles. The second kappa shape index (κ2) is 6.37. The first kappa shape index (κ1) is 15.7. The van der Waals surface area contributed by atoms with Gasteiger partial charge in [0, 0.05) is 23.3 Å². The van der Waals surface area contributed by atoms with Crippen LogP contribution in [0.15, 0.2) is 35.7 Å². The lowest BCUT2D eigenvalue weighted by Gasteiger charge is -2.14. The second-order valence-electron chi connectivity index (χ2n) is 6.06. The van der Waals surface area contributed by atoms with Crippen molar-refractivity contribution in [2.24, 2.45) is 5.73 Å². The Hall–Kier alpha value is -1.72. The Labute approximate surface area is 129 Å². The zero-order valence-electron chi connectivity index (χ0n) is 12.6. The summed E-state index contributed by atoms with van der Waals surface area (Å²) >= 11 is 1.44. The number of nitrogens with zero attached hydrogens (tertiary/aromatic N) is 1. The smallest absolute Gasteiger partial charge is 0.228 e. The topological polar surface area (TPSA) is 68.0 Å². The van der Waals surface area contributed by atoms with Crippen LogP contribution in [0.1, 0.15) is 44.5 Å². The van der Waals surface area contributed by atoms with Crippen LogP contribution >= 0.6 is 11.3 Å². The molecule has 2 aromatic rings. The molecule has 112 valence electrons. The number of carbonyl (C=O) groups excluding carboxylic acids is 1. The maximum atomic E-state index is 12.0. The largest absolute Gasteiger partial charge is 0.324 e. The molecule has 0 spiro atoms. The molecule has 0 aliphatic rings. The normalized spacial score (nSPS) is 13.0. The Bertz CT molecular complexity index is 601. The molecular formula is C16H21N3OS. The lowest BCUT2D eigenvalue weighted by Crippen LogP contribution is -2.20. The fraction of sp³-hybridized carbons (Fsp3) is 0.375. The van der Waals surface area contributed by atoms with Gasteiger partial charge in [-0.1, -0.05) is 51.1 Å². The van der Waals surface area contributed by atoms with E-state index in [-0.39, 0.29) is 23.8 Å². The van der Waals surface area contributed by atoms with Crippen molar-refractivity contribution in [3.63, 3.8) is 0 Å². The number of rotatable bonds is 4. The molecule has 1 aromatic heterocycles. The number of nitrogens with two attached hydrogens (primary N) is 1. The number of nitrogens with one attached hydrogen (secondary N) is 1. The maximum absolute atomic E-state index is 12.0. The zero-order chi connectivity index (χ0) is 15.5. The number of hydrogen-bond acceptors (Lipinski definition) is 4. The van der Waals surface area contributed by atoms with E-state index in [0.717, 1.165) is 11.3 Å². The van der Waals surface area contributed by atoms with Gasteiger partial charge in [-0.2, -0.15) is 0 Å². The van der Waals surface area contributed by atoms with E-state index in [1.807, 2.05) is 35.7 Å². The van der Waals surface area contributed by atoms with Gasteiger partial charge in [-0.05, 0) is 5.56 Å². The summed E-state index contributed by atoms with van der Waals surface area (Å²) in [5.41, 5.74) is 7.97. The molecule has 5 heteroatoms. The molecule has 3 N–H and O–H groups in total. The summed E-state index contributed by atoms with van der Waals surface area (Å²) in [5, 5.41) is 5.43. The van der Waals surface area contributed by atoms with Crippen molar-refractivity contribution >= 4 is 22.4 Å². The van der Waals surface area contributed by atoms with Crippen molar-refractivity contribution in [2.45, 2.75) is 38.6 Å². The lowest BCUT2D eigenvalue weighted by atomic mass is 9.93. The summed E-state index contributed by atoms with van der Waals surface area (Å²) in [5.74, 6) is -0.110. The first-order chi connectivity index (χ1) is 9.86. The third kappa shape index (κ3) is 4.37. The van der Waals surface area contributed by atoms with Crippen molar-refractivity contribution in [3.8, 4) is 0 Å². The maximum Gasteiger partial charge on any atom is 0.228 e. The molecule has 0 aliphatic heterocycles. The summed E-state index contributed by atoms with van der Waals surface area (Å²) < 4.78 is 0. The summed E-state index contributed by atoms with van der Waals surface area (Å²) in [6, 6.07) is 9.33. The average molecular weight is 303 g/mol. The van der Waals surface area contributed by atoms with Gasteiger partial charge in [0.25, 0.3) is 0 Å². The van der Waals surface area contributed by atoms with Gasteiger partial charge in [0.2, 0.25) is 5.91 Å². The van der Waals surface area contributed by atoms with E-state index in [4.69, 9.17) is 5.73 Å². The number of thiazole rings is 1. The Morgan fingerprint density at radius 2 is 2.00 bits per heavy atom. The Morgan fingerprint density at radius 3 is 2.57 bits per heavy atom. The van der Waals surface area contributed by atoms with Gasteiger partial charge in [-0.3, -0.25) is 4.79 Å². The van der Waals surface area contributed by atoms with Crippen LogP contribution < -0.4 is 11.1 Å². The zero-order valence-corrected chi connectivity index (χ0v) is 13.4. The minimum Gasteiger partial charge on any atom is -0.324 e. The van der Waals surface area contributed by atoms with Crippen LogP contribution in [0.5, 0.6) is 0 Å². The number of amides is 1. The molecule has 1 atom stereocenters. The molecule has 0 aliphatic carbocycles.